The molecule has 6 rings (SSSR count). The van der Waals surface area contributed by atoms with Crippen LogP contribution in [-0.2, 0) is 13.0 Å². The average molecular weight is 533 g/mol. The Bertz CT molecular complexity index is 1420. The number of aromatic nitrogens is 2. The molecule has 0 bridgehead atoms. The highest BCUT2D eigenvalue weighted by atomic mass is 15.2. The lowest BCUT2D eigenvalue weighted by Gasteiger charge is -2.32. The molecule has 40 heavy (non-hydrogen) atoms. The molecule has 1 unspecified atom stereocenters. The highest BCUT2D eigenvalue weighted by Crippen LogP contribution is 2.42. The Kier molecular flexibility index (Phi) is 8.07. The first-order chi connectivity index (χ1) is 19.6. The van der Waals surface area contributed by atoms with Gasteiger partial charge in [0.25, 0.3) is 0 Å². The van der Waals surface area contributed by atoms with E-state index in [1.807, 2.05) is 6.20 Å². The van der Waals surface area contributed by atoms with Crippen molar-refractivity contribution in [3.63, 3.8) is 0 Å². The summed E-state index contributed by atoms with van der Waals surface area (Å²) in [6, 6.07) is 26.2. The molecule has 1 aliphatic heterocycles. The summed E-state index contributed by atoms with van der Waals surface area (Å²) in [5.74, 6) is 1.02. The van der Waals surface area contributed by atoms with Gasteiger partial charge in [0.15, 0.2) is 0 Å². The van der Waals surface area contributed by atoms with Crippen LogP contribution in [0.25, 0.3) is 11.3 Å². The number of hydrogen-bond acceptors (Lipinski definition) is 6. The second-order valence-electron chi connectivity index (χ2n) is 11.2. The van der Waals surface area contributed by atoms with E-state index in [0.717, 1.165) is 76.0 Å². The van der Waals surface area contributed by atoms with Gasteiger partial charge in [-0.3, -0.25) is 0 Å². The van der Waals surface area contributed by atoms with Gasteiger partial charge in [0.1, 0.15) is 0 Å². The van der Waals surface area contributed by atoms with E-state index in [9.17, 15) is 0 Å². The van der Waals surface area contributed by atoms with E-state index >= 15 is 0 Å². The third-order valence-electron chi connectivity index (χ3n) is 8.47. The standard InChI is InChI=1S/C34H40N6/c1-25-8-3-4-9-27(25)23-36-29-14-12-26(13-15-29)32-22-28-24-37-34(38-33(28)31-11-6-5-10-30(31)32)35-16-7-17-40-20-18-39(2)19-21-40/h3-6,8-15,24,32,36H,7,16-23H2,1-2H3,(H,35,37,38). The predicted molar refractivity (Wildman–Crippen MR) is 165 cm³/mol. The van der Waals surface area contributed by atoms with Gasteiger partial charge in [0, 0.05) is 62.6 Å². The Labute approximate surface area is 238 Å². The van der Waals surface area contributed by atoms with E-state index < -0.39 is 0 Å². The van der Waals surface area contributed by atoms with Crippen LogP contribution in [0.5, 0.6) is 0 Å². The van der Waals surface area contributed by atoms with Crippen LogP contribution < -0.4 is 10.6 Å². The molecule has 4 aromatic rings. The first-order valence-electron chi connectivity index (χ1n) is 14.6. The number of piperazine rings is 1. The molecule has 6 nitrogen and oxygen atoms in total. The van der Waals surface area contributed by atoms with Gasteiger partial charge < -0.3 is 20.4 Å². The summed E-state index contributed by atoms with van der Waals surface area (Å²) in [5, 5.41) is 7.07. The monoisotopic (exact) mass is 532 g/mol. The minimum absolute atomic E-state index is 0.292. The molecule has 1 aliphatic carbocycles. The maximum Gasteiger partial charge on any atom is 0.223 e. The Balaban J connectivity index is 1.11. The zero-order valence-corrected chi connectivity index (χ0v) is 23.7. The number of benzene rings is 3. The second-order valence-corrected chi connectivity index (χ2v) is 11.2. The first-order valence-corrected chi connectivity index (χ1v) is 14.6. The van der Waals surface area contributed by atoms with Crippen molar-refractivity contribution in [2.24, 2.45) is 0 Å². The Morgan fingerprint density at radius 2 is 1.65 bits per heavy atom. The summed E-state index contributed by atoms with van der Waals surface area (Å²) in [6.45, 7) is 9.66. The number of aryl methyl sites for hydroxylation is 1. The number of likely N-dealkylation sites (N-methyl/N-ethyl adjacent to an activating group) is 1. The van der Waals surface area contributed by atoms with Crippen LogP contribution in [0, 0.1) is 6.92 Å². The van der Waals surface area contributed by atoms with Crippen LogP contribution in [-0.4, -0.2) is 66.1 Å². The van der Waals surface area contributed by atoms with E-state index in [2.05, 4.69) is 107 Å². The summed E-state index contributed by atoms with van der Waals surface area (Å²) in [7, 11) is 2.20. The first kappa shape index (κ1) is 26.5. The molecule has 0 spiro atoms. The topological polar surface area (TPSA) is 56.3 Å². The fourth-order valence-corrected chi connectivity index (χ4v) is 5.93. The van der Waals surface area contributed by atoms with Crippen molar-refractivity contribution in [3.05, 3.63) is 107 Å². The highest BCUT2D eigenvalue weighted by Gasteiger charge is 2.27. The van der Waals surface area contributed by atoms with Crippen LogP contribution in [0.1, 0.15) is 40.2 Å². The van der Waals surface area contributed by atoms with Crippen LogP contribution >= 0.6 is 0 Å². The molecule has 1 aromatic heterocycles. The molecule has 3 aromatic carbocycles. The molecule has 2 aliphatic rings. The summed E-state index contributed by atoms with van der Waals surface area (Å²) < 4.78 is 0. The number of anilines is 2. The van der Waals surface area contributed by atoms with Gasteiger partial charge in [0.2, 0.25) is 5.95 Å². The molecule has 0 amide bonds. The molecular weight excluding hydrogens is 492 g/mol. The van der Waals surface area contributed by atoms with Crippen molar-refractivity contribution < 1.29 is 0 Å². The largest absolute Gasteiger partial charge is 0.381 e. The Hall–Kier alpha value is -3.74. The number of rotatable bonds is 9. The van der Waals surface area contributed by atoms with Gasteiger partial charge in [-0.15, -0.1) is 0 Å². The van der Waals surface area contributed by atoms with E-state index in [4.69, 9.17) is 9.97 Å². The lowest BCUT2D eigenvalue weighted by molar-refractivity contribution is 0.154. The van der Waals surface area contributed by atoms with Crippen molar-refractivity contribution in [1.82, 2.24) is 19.8 Å². The number of fused-ring (bicyclic) bond motifs is 3. The number of hydrogen-bond donors (Lipinski definition) is 2. The summed E-state index contributed by atoms with van der Waals surface area (Å²) >= 11 is 0. The van der Waals surface area contributed by atoms with Crippen molar-refractivity contribution in [2.45, 2.75) is 32.2 Å². The molecule has 1 fully saturated rings. The maximum absolute atomic E-state index is 5.00. The number of nitrogens with zero attached hydrogens (tertiary/aromatic N) is 4. The molecule has 2 heterocycles. The van der Waals surface area contributed by atoms with Gasteiger partial charge in [-0.1, -0.05) is 60.7 Å². The highest BCUT2D eigenvalue weighted by molar-refractivity contribution is 5.72. The normalized spacial score (nSPS) is 17.2. The third-order valence-corrected chi connectivity index (χ3v) is 8.47. The second kappa shape index (κ2) is 12.2. The summed E-state index contributed by atoms with van der Waals surface area (Å²) in [6.07, 6.45) is 4.04. The molecule has 0 saturated carbocycles. The lowest BCUT2D eigenvalue weighted by Crippen LogP contribution is -2.44. The van der Waals surface area contributed by atoms with Crippen molar-refractivity contribution in [3.8, 4) is 11.3 Å². The fourth-order valence-electron chi connectivity index (χ4n) is 5.93. The molecule has 6 heteroatoms. The Morgan fingerprint density at radius 1 is 0.875 bits per heavy atom. The fraction of sp³-hybridized carbons (Fsp3) is 0.353. The predicted octanol–water partition coefficient (Wildman–Crippen LogP) is 5.80. The minimum atomic E-state index is 0.292. The van der Waals surface area contributed by atoms with Gasteiger partial charge in [-0.2, -0.15) is 0 Å². The van der Waals surface area contributed by atoms with Crippen LogP contribution in [0.3, 0.4) is 0 Å². The SMILES string of the molecule is Cc1ccccc1CNc1ccc(C2Cc3cnc(NCCCN4CCN(C)CC4)nc3-c3ccccc32)cc1. The van der Waals surface area contributed by atoms with E-state index in [-0.39, 0.29) is 0 Å². The van der Waals surface area contributed by atoms with Gasteiger partial charge in [0.05, 0.1) is 5.69 Å². The molecular formula is C34H40N6. The maximum atomic E-state index is 5.00. The van der Waals surface area contributed by atoms with Crippen molar-refractivity contribution in [2.75, 3.05) is 56.9 Å². The third kappa shape index (κ3) is 6.03. The minimum Gasteiger partial charge on any atom is -0.381 e. The van der Waals surface area contributed by atoms with E-state index in [1.54, 1.807) is 0 Å². The van der Waals surface area contributed by atoms with Gasteiger partial charge in [-0.25, -0.2) is 9.97 Å². The van der Waals surface area contributed by atoms with Gasteiger partial charge in [-0.05, 0) is 73.3 Å². The zero-order valence-electron chi connectivity index (χ0n) is 23.7. The van der Waals surface area contributed by atoms with Crippen LogP contribution in [0.2, 0.25) is 0 Å². The quantitative estimate of drug-likeness (QED) is 0.266. The van der Waals surface area contributed by atoms with Crippen molar-refractivity contribution in [1.29, 1.82) is 0 Å². The summed E-state index contributed by atoms with van der Waals surface area (Å²) in [4.78, 5) is 14.7. The molecule has 0 radical (unpaired) electrons. The molecule has 206 valence electrons. The van der Waals surface area contributed by atoms with Crippen LogP contribution in [0.4, 0.5) is 11.6 Å². The van der Waals surface area contributed by atoms with Crippen LogP contribution in [0.15, 0.2) is 79.0 Å². The molecule has 1 saturated heterocycles. The lowest BCUT2D eigenvalue weighted by atomic mass is 9.78. The Morgan fingerprint density at radius 3 is 2.48 bits per heavy atom. The van der Waals surface area contributed by atoms with E-state index in [0.29, 0.717) is 5.92 Å². The number of nitrogens with one attached hydrogen (secondary N) is 2. The van der Waals surface area contributed by atoms with Gasteiger partial charge >= 0.3 is 0 Å². The molecule has 1 atom stereocenters. The van der Waals surface area contributed by atoms with Crippen molar-refractivity contribution >= 4 is 11.6 Å². The van der Waals surface area contributed by atoms with E-state index in [1.165, 1.54) is 33.4 Å². The zero-order chi connectivity index (χ0) is 27.3. The average Bonchev–Trinajstić information content (AvgIpc) is 3.00. The summed E-state index contributed by atoms with van der Waals surface area (Å²) in [5.41, 5.74) is 9.96. The molecule has 2 N–H and O–H groups in total. The smallest absolute Gasteiger partial charge is 0.223 e.